The molecule has 0 fully saturated rings. The molecule has 0 spiro atoms. The summed E-state index contributed by atoms with van der Waals surface area (Å²) in [5.41, 5.74) is 5.51. The van der Waals surface area contributed by atoms with Gasteiger partial charge < -0.3 is 5.32 Å². The number of carbonyl (C=O) groups excluding carboxylic acids is 1. The fourth-order valence-electron chi connectivity index (χ4n) is 3.38. The molecule has 1 aliphatic rings. The largest absolute Gasteiger partial charge is 0.352 e. The number of nitrogens with zero attached hydrogens (tertiary/aromatic N) is 2. The first-order valence-corrected chi connectivity index (χ1v) is 10.4. The van der Waals surface area contributed by atoms with E-state index in [-0.39, 0.29) is 5.91 Å². The van der Waals surface area contributed by atoms with Gasteiger partial charge in [0.1, 0.15) is 0 Å². The minimum Gasteiger partial charge on any atom is -0.352 e. The average molecular weight is 406 g/mol. The SMILES string of the molecule is O=C(NCCCC1=CCN=C1)c1ccc(-c2cccnc2)c(C#Cc2ccccc2)c1. The molecular weight excluding hydrogens is 382 g/mol. The summed E-state index contributed by atoms with van der Waals surface area (Å²) in [7, 11) is 0. The van der Waals surface area contributed by atoms with E-state index in [1.165, 1.54) is 5.57 Å². The lowest BCUT2D eigenvalue weighted by Crippen LogP contribution is -2.24. The Hall–Kier alpha value is -3.97. The fraction of sp³-hybridized carbons (Fsp3) is 0.148. The highest BCUT2D eigenvalue weighted by molar-refractivity contribution is 5.95. The molecule has 0 aliphatic carbocycles. The Bertz CT molecular complexity index is 1170. The smallest absolute Gasteiger partial charge is 0.251 e. The van der Waals surface area contributed by atoms with E-state index in [1.54, 1.807) is 6.20 Å². The first kappa shape index (κ1) is 20.3. The van der Waals surface area contributed by atoms with Crippen LogP contribution in [0.1, 0.15) is 34.3 Å². The van der Waals surface area contributed by atoms with Crippen molar-refractivity contribution in [3.63, 3.8) is 0 Å². The molecule has 0 saturated heterocycles. The standard InChI is InChI=1S/C27H23N3O/c31-27(30-16-4-8-22-14-17-29-19-22)24-12-13-26(25-9-5-15-28-20-25)23(18-24)11-10-21-6-2-1-3-7-21/h1-3,5-7,9,12-15,18-20H,4,8,16-17H2,(H,30,31). The molecule has 4 rings (SSSR count). The van der Waals surface area contributed by atoms with Gasteiger partial charge in [0.2, 0.25) is 0 Å². The second-order valence-corrected chi connectivity index (χ2v) is 7.25. The van der Waals surface area contributed by atoms with Gasteiger partial charge in [-0.3, -0.25) is 14.8 Å². The Balaban J connectivity index is 1.52. The highest BCUT2D eigenvalue weighted by Crippen LogP contribution is 2.24. The molecule has 1 N–H and O–H groups in total. The summed E-state index contributed by atoms with van der Waals surface area (Å²) in [5.74, 6) is 6.36. The number of aromatic nitrogens is 1. The van der Waals surface area contributed by atoms with Crippen LogP contribution in [0.15, 0.2) is 89.7 Å². The Morgan fingerprint density at radius 1 is 1.03 bits per heavy atom. The van der Waals surface area contributed by atoms with E-state index in [9.17, 15) is 4.79 Å². The predicted octanol–water partition coefficient (Wildman–Crippen LogP) is 4.67. The van der Waals surface area contributed by atoms with Crippen LogP contribution in [0.5, 0.6) is 0 Å². The summed E-state index contributed by atoms with van der Waals surface area (Å²) in [5, 5.41) is 3.01. The highest BCUT2D eigenvalue weighted by Gasteiger charge is 2.10. The van der Waals surface area contributed by atoms with Crippen LogP contribution < -0.4 is 5.32 Å². The normalized spacial score (nSPS) is 12.1. The lowest BCUT2D eigenvalue weighted by atomic mass is 9.98. The third-order valence-corrected chi connectivity index (χ3v) is 5.01. The van der Waals surface area contributed by atoms with Gasteiger partial charge in [-0.2, -0.15) is 0 Å². The summed E-state index contributed by atoms with van der Waals surface area (Å²) >= 11 is 0. The highest BCUT2D eigenvalue weighted by atomic mass is 16.1. The molecule has 4 nitrogen and oxygen atoms in total. The summed E-state index contributed by atoms with van der Waals surface area (Å²) in [6.07, 6.45) is 9.40. The van der Waals surface area contributed by atoms with Crippen molar-refractivity contribution in [3.05, 3.63) is 101 Å². The number of hydrogen-bond acceptors (Lipinski definition) is 3. The summed E-state index contributed by atoms with van der Waals surface area (Å²) in [4.78, 5) is 21.1. The third-order valence-electron chi connectivity index (χ3n) is 5.01. The first-order valence-electron chi connectivity index (χ1n) is 10.4. The van der Waals surface area contributed by atoms with Crippen molar-refractivity contribution in [2.75, 3.05) is 13.1 Å². The van der Waals surface area contributed by atoms with Gasteiger partial charge in [0.25, 0.3) is 5.91 Å². The van der Waals surface area contributed by atoms with Crippen molar-refractivity contribution in [1.82, 2.24) is 10.3 Å². The van der Waals surface area contributed by atoms with Crippen LogP contribution in [0, 0.1) is 11.8 Å². The first-order chi connectivity index (χ1) is 15.3. The number of aliphatic imine (C=N–C) groups is 1. The number of amides is 1. The Kier molecular flexibility index (Phi) is 6.67. The minimum atomic E-state index is -0.0884. The quantitative estimate of drug-likeness (QED) is 0.479. The molecule has 0 saturated carbocycles. The molecule has 0 bridgehead atoms. The number of carbonyl (C=O) groups is 1. The van der Waals surface area contributed by atoms with Gasteiger partial charge >= 0.3 is 0 Å². The summed E-state index contributed by atoms with van der Waals surface area (Å²) < 4.78 is 0. The average Bonchev–Trinajstić information content (AvgIpc) is 3.35. The number of nitrogens with one attached hydrogen (secondary N) is 1. The van der Waals surface area contributed by atoms with Crippen molar-refractivity contribution in [3.8, 4) is 23.0 Å². The fourth-order valence-corrected chi connectivity index (χ4v) is 3.38. The number of hydrogen-bond donors (Lipinski definition) is 1. The number of benzene rings is 2. The maximum Gasteiger partial charge on any atom is 0.251 e. The van der Waals surface area contributed by atoms with E-state index in [1.807, 2.05) is 73.1 Å². The van der Waals surface area contributed by atoms with Gasteiger partial charge in [0, 0.05) is 47.4 Å². The predicted molar refractivity (Wildman–Crippen MR) is 125 cm³/mol. The topological polar surface area (TPSA) is 54.4 Å². The van der Waals surface area contributed by atoms with Crippen molar-refractivity contribution >= 4 is 12.1 Å². The lowest BCUT2D eigenvalue weighted by Gasteiger charge is -2.09. The maximum atomic E-state index is 12.7. The molecular formula is C27H23N3O. The molecule has 152 valence electrons. The van der Waals surface area contributed by atoms with Crippen LogP contribution in [-0.4, -0.2) is 30.2 Å². The van der Waals surface area contributed by atoms with Crippen LogP contribution in [-0.2, 0) is 0 Å². The van der Waals surface area contributed by atoms with Gasteiger partial charge in [-0.05, 0) is 54.3 Å². The van der Waals surface area contributed by atoms with E-state index in [0.717, 1.165) is 41.6 Å². The maximum absolute atomic E-state index is 12.7. The molecule has 2 aromatic carbocycles. The van der Waals surface area contributed by atoms with Crippen LogP contribution in [0.4, 0.5) is 0 Å². The van der Waals surface area contributed by atoms with Crippen molar-refractivity contribution in [1.29, 1.82) is 0 Å². The second kappa shape index (κ2) is 10.2. The van der Waals surface area contributed by atoms with Crippen molar-refractivity contribution < 1.29 is 4.79 Å². The Morgan fingerprint density at radius 2 is 1.94 bits per heavy atom. The van der Waals surface area contributed by atoms with Crippen LogP contribution in [0.2, 0.25) is 0 Å². The molecule has 0 radical (unpaired) electrons. The molecule has 31 heavy (non-hydrogen) atoms. The zero-order chi connectivity index (χ0) is 21.3. The Morgan fingerprint density at radius 3 is 2.71 bits per heavy atom. The van der Waals surface area contributed by atoms with E-state index < -0.39 is 0 Å². The van der Waals surface area contributed by atoms with E-state index in [0.29, 0.717) is 12.1 Å². The molecule has 1 amide bonds. The van der Waals surface area contributed by atoms with Crippen molar-refractivity contribution in [2.45, 2.75) is 12.8 Å². The van der Waals surface area contributed by atoms with Crippen LogP contribution in [0.25, 0.3) is 11.1 Å². The van der Waals surface area contributed by atoms with Gasteiger partial charge in [0.15, 0.2) is 0 Å². The molecule has 0 atom stereocenters. The van der Waals surface area contributed by atoms with E-state index in [4.69, 9.17) is 0 Å². The zero-order valence-electron chi connectivity index (χ0n) is 17.2. The van der Waals surface area contributed by atoms with Gasteiger partial charge in [-0.25, -0.2) is 0 Å². The van der Waals surface area contributed by atoms with Gasteiger partial charge in [-0.15, -0.1) is 0 Å². The molecule has 2 heterocycles. The third kappa shape index (κ3) is 5.55. The zero-order valence-corrected chi connectivity index (χ0v) is 17.2. The molecule has 1 aromatic heterocycles. The van der Waals surface area contributed by atoms with Gasteiger partial charge in [-0.1, -0.05) is 48.2 Å². The van der Waals surface area contributed by atoms with Crippen molar-refractivity contribution in [2.24, 2.45) is 4.99 Å². The second-order valence-electron chi connectivity index (χ2n) is 7.25. The van der Waals surface area contributed by atoms with Crippen LogP contribution >= 0.6 is 0 Å². The van der Waals surface area contributed by atoms with Gasteiger partial charge in [0.05, 0.1) is 6.54 Å². The number of rotatable bonds is 6. The van der Waals surface area contributed by atoms with E-state index in [2.05, 4.69) is 33.2 Å². The van der Waals surface area contributed by atoms with Crippen LogP contribution in [0.3, 0.4) is 0 Å². The molecule has 3 aromatic rings. The lowest BCUT2D eigenvalue weighted by molar-refractivity contribution is 0.0953. The summed E-state index contributed by atoms with van der Waals surface area (Å²) in [6, 6.07) is 19.4. The molecule has 0 unspecified atom stereocenters. The number of pyridine rings is 1. The monoisotopic (exact) mass is 405 g/mol. The summed E-state index contributed by atoms with van der Waals surface area (Å²) in [6.45, 7) is 1.40. The Labute approximate surface area is 182 Å². The number of allylic oxidation sites excluding steroid dienone is 1. The molecule has 1 aliphatic heterocycles. The minimum absolute atomic E-state index is 0.0884. The van der Waals surface area contributed by atoms with E-state index >= 15 is 0 Å². The molecule has 4 heteroatoms.